The lowest BCUT2D eigenvalue weighted by Gasteiger charge is -2.24. The number of amides is 1. The van der Waals surface area contributed by atoms with Crippen molar-refractivity contribution in [3.05, 3.63) is 78.4 Å². The highest BCUT2D eigenvalue weighted by atomic mass is 32.2. The number of benzene rings is 3. The Labute approximate surface area is 206 Å². The van der Waals surface area contributed by atoms with Gasteiger partial charge in [0.05, 0.1) is 29.6 Å². The molecule has 35 heavy (non-hydrogen) atoms. The molecule has 0 aliphatic heterocycles. The Balaban J connectivity index is 1.93. The zero-order chi connectivity index (χ0) is 25.8. The predicted octanol–water partition coefficient (Wildman–Crippen LogP) is 3.23. The van der Waals surface area contributed by atoms with E-state index in [9.17, 15) is 21.6 Å². The van der Waals surface area contributed by atoms with E-state index in [4.69, 9.17) is 4.74 Å². The van der Waals surface area contributed by atoms with Gasteiger partial charge in [-0.25, -0.2) is 16.8 Å². The minimum atomic E-state index is -4.09. The van der Waals surface area contributed by atoms with Crippen LogP contribution < -0.4 is 18.7 Å². The van der Waals surface area contributed by atoms with E-state index in [-0.39, 0.29) is 10.6 Å². The van der Waals surface area contributed by atoms with Crippen LogP contribution in [-0.2, 0) is 24.8 Å². The van der Waals surface area contributed by atoms with Gasteiger partial charge in [-0.15, -0.1) is 0 Å². The Bertz CT molecular complexity index is 1420. The quantitative estimate of drug-likeness (QED) is 0.466. The van der Waals surface area contributed by atoms with Crippen molar-refractivity contribution in [2.24, 2.45) is 0 Å². The van der Waals surface area contributed by atoms with E-state index in [1.54, 1.807) is 48.5 Å². The lowest BCUT2D eigenvalue weighted by atomic mass is 10.2. The molecule has 0 heterocycles. The number of carbonyl (C=O) groups excluding carboxylic acids is 1. The van der Waals surface area contributed by atoms with E-state index in [0.717, 1.165) is 20.4 Å². The number of nitrogens with zero attached hydrogens (tertiary/aromatic N) is 2. The van der Waals surface area contributed by atoms with Crippen LogP contribution in [0, 0.1) is 6.92 Å². The maximum Gasteiger partial charge on any atom is 0.264 e. The van der Waals surface area contributed by atoms with E-state index in [2.05, 4.69) is 5.32 Å². The average molecular weight is 518 g/mol. The summed E-state index contributed by atoms with van der Waals surface area (Å²) in [5.41, 5.74) is 1.82. The molecule has 1 amide bonds. The van der Waals surface area contributed by atoms with Crippen molar-refractivity contribution in [1.29, 1.82) is 0 Å². The molecular formula is C24H27N3O6S2. The predicted molar refractivity (Wildman–Crippen MR) is 137 cm³/mol. The van der Waals surface area contributed by atoms with Gasteiger partial charge in [0.15, 0.2) is 0 Å². The summed E-state index contributed by atoms with van der Waals surface area (Å²) in [6.07, 6.45) is 1.07. The monoisotopic (exact) mass is 517 g/mol. The molecule has 0 atom stereocenters. The normalized spacial score (nSPS) is 11.5. The van der Waals surface area contributed by atoms with Gasteiger partial charge in [0, 0.05) is 18.8 Å². The highest BCUT2D eigenvalue weighted by Crippen LogP contribution is 2.27. The first-order valence-corrected chi connectivity index (χ1v) is 13.8. The third-order valence-electron chi connectivity index (χ3n) is 5.23. The average Bonchev–Trinajstić information content (AvgIpc) is 2.82. The molecule has 9 nitrogen and oxygen atoms in total. The molecule has 0 unspecified atom stereocenters. The second-order valence-corrected chi connectivity index (χ2v) is 11.7. The first-order chi connectivity index (χ1) is 16.4. The summed E-state index contributed by atoms with van der Waals surface area (Å²) >= 11 is 0. The first kappa shape index (κ1) is 26.0. The fourth-order valence-electron chi connectivity index (χ4n) is 3.22. The number of hydrogen-bond acceptors (Lipinski definition) is 6. The van der Waals surface area contributed by atoms with Crippen LogP contribution in [0.15, 0.2) is 77.7 Å². The van der Waals surface area contributed by atoms with Gasteiger partial charge in [0.2, 0.25) is 15.9 Å². The molecule has 0 aliphatic carbocycles. The van der Waals surface area contributed by atoms with Crippen molar-refractivity contribution in [2.75, 3.05) is 40.9 Å². The summed E-state index contributed by atoms with van der Waals surface area (Å²) < 4.78 is 58.0. The molecule has 0 bridgehead atoms. The number of sulfonamides is 2. The lowest BCUT2D eigenvalue weighted by Crippen LogP contribution is -2.38. The second kappa shape index (κ2) is 10.4. The van der Waals surface area contributed by atoms with Crippen molar-refractivity contribution < 1.29 is 26.4 Å². The van der Waals surface area contributed by atoms with Gasteiger partial charge in [0.25, 0.3) is 10.0 Å². The van der Waals surface area contributed by atoms with E-state index in [1.807, 2.05) is 6.92 Å². The molecule has 11 heteroatoms. The first-order valence-electron chi connectivity index (χ1n) is 10.5. The Kier molecular flexibility index (Phi) is 7.71. The van der Waals surface area contributed by atoms with Crippen LogP contribution in [0.5, 0.6) is 5.75 Å². The number of methoxy groups -OCH3 is 1. The molecule has 3 rings (SSSR count). The van der Waals surface area contributed by atoms with Crippen LogP contribution in [0.25, 0.3) is 0 Å². The maximum atomic E-state index is 13.5. The number of ether oxygens (including phenoxy) is 1. The molecular weight excluding hydrogens is 490 g/mol. The van der Waals surface area contributed by atoms with Gasteiger partial charge in [-0.3, -0.25) is 13.4 Å². The second-order valence-electron chi connectivity index (χ2n) is 7.86. The van der Waals surface area contributed by atoms with E-state index in [0.29, 0.717) is 17.1 Å². The molecule has 1 N–H and O–H groups in total. The number of hydrogen-bond donors (Lipinski definition) is 1. The zero-order valence-electron chi connectivity index (χ0n) is 19.8. The summed E-state index contributed by atoms with van der Waals surface area (Å²) in [4.78, 5) is 13.0. The smallest absolute Gasteiger partial charge is 0.264 e. The largest absolute Gasteiger partial charge is 0.497 e. The van der Waals surface area contributed by atoms with Crippen molar-refractivity contribution in [1.82, 2.24) is 0 Å². The lowest BCUT2D eigenvalue weighted by molar-refractivity contribution is -0.114. The van der Waals surface area contributed by atoms with Crippen LogP contribution in [0.4, 0.5) is 17.1 Å². The summed E-state index contributed by atoms with van der Waals surface area (Å²) in [5.74, 6) is -0.175. The standard InChI is InChI=1S/C24H27N3O6S2/c1-18-11-13-23(14-12-18)35(31,32)27(21-9-6-10-22(16-21)33-3)17-24(28)25-19-7-5-8-20(15-19)26(2)34(4,29)30/h5-16H,17H2,1-4H3,(H,25,28). The number of aryl methyl sites for hydroxylation is 1. The van der Waals surface area contributed by atoms with Crippen molar-refractivity contribution >= 4 is 43.0 Å². The topological polar surface area (TPSA) is 113 Å². The van der Waals surface area contributed by atoms with Crippen LogP contribution in [-0.4, -0.2) is 49.7 Å². The summed E-state index contributed by atoms with van der Waals surface area (Å²) in [6.45, 7) is 1.33. The van der Waals surface area contributed by atoms with Crippen LogP contribution >= 0.6 is 0 Å². The van der Waals surface area contributed by atoms with E-state index in [1.165, 1.54) is 38.4 Å². The highest BCUT2D eigenvalue weighted by Gasteiger charge is 2.27. The summed E-state index contributed by atoms with van der Waals surface area (Å²) in [7, 11) is -4.73. The molecule has 0 fully saturated rings. The third kappa shape index (κ3) is 6.31. The number of rotatable bonds is 9. The molecule has 0 aromatic heterocycles. The Morgan fingerprint density at radius 1 is 0.914 bits per heavy atom. The highest BCUT2D eigenvalue weighted by molar-refractivity contribution is 7.93. The summed E-state index contributed by atoms with van der Waals surface area (Å²) in [6, 6.07) is 19.0. The van der Waals surface area contributed by atoms with Crippen LogP contribution in [0.2, 0.25) is 0 Å². The summed E-state index contributed by atoms with van der Waals surface area (Å²) in [5, 5.41) is 2.65. The molecule has 0 aliphatic rings. The fourth-order valence-corrected chi connectivity index (χ4v) is 5.13. The number of nitrogens with one attached hydrogen (secondary N) is 1. The molecule has 0 saturated heterocycles. The molecule has 0 saturated carbocycles. The Hall–Kier alpha value is -3.57. The molecule has 186 valence electrons. The van der Waals surface area contributed by atoms with E-state index >= 15 is 0 Å². The maximum absolute atomic E-state index is 13.5. The van der Waals surface area contributed by atoms with Crippen molar-refractivity contribution in [3.8, 4) is 5.75 Å². The molecule has 3 aromatic carbocycles. The van der Waals surface area contributed by atoms with Crippen LogP contribution in [0.3, 0.4) is 0 Å². The molecule has 0 spiro atoms. The van der Waals surface area contributed by atoms with Gasteiger partial charge in [-0.05, 0) is 49.4 Å². The Morgan fingerprint density at radius 2 is 1.54 bits per heavy atom. The number of anilines is 3. The van der Waals surface area contributed by atoms with Gasteiger partial charge < -0.3 is 10.1 Å². The van der Waals surface area contributed by atoms with Gasteiger partial charge in [-0.1, -0.05) is 29.8 Å². The number of carbonyl (C=O) groups is 1. The molecule has 0 radical (unpaired) electrons. The molecule has 3 aromatic rings. The minimum absolute atomic E-state index is 0.0375. The van der Waals surface area contributed by atoms with Crippen molar-refractivity contribution in [3.63, 3.8) is 0 Å². The van der Waals surface area contributed by atoms with Gasteiger partial charge >= 0.3 is 0 Å². The van der Waals surface area contributed by atoms with Crippen LogP contribution in [0.1, 0.15) is 5.56 Å². The fraction of sp³-hybridized carbons (Fsp3) is 0.208. The minimum Gasteiger partial charge on any atom is -0.497 e. The third-order valence-corrected chi connectivity index (χ3v) is 8.22. The SMILES string of the molecule is COc1cccc(N(CC(=O)Nc2cccc(N(C)S(C)(=O)=O)c2)S(=O)(=O)c2ccc(C)cc2)c1. The zero-order valence-corrected chi connectivity index (χ0v) is 21.4. The van der Waals surface area contributed by atoms with E-state index < -0.39 is 32.5 Å². The Morgan fingerprint density at radius 3 is 2.17 bits per heavy atom. The van der Waals surface area contributed by atoms with Gasteiger partial charge in [-0.2, -0.15) is 0 Å². The van der Waals surface area contributed by atoms with Crippen molar-refractivity contribution in [2.45, 2.75) is 11.8 Å². The van der Waals surface area contributed by atoms with Gasteiger partial charge in [0.1, 0.15) is 12.3 Å².